The van der Waals surface area contributed by atoms with Crippen molar-refractivity contribution in [2.75, 3.05) is 13.2 Å². The van der Waals surface area contributed by atoms with Crippen LogP contribution < -0.4 is 0 Å². The van der Waals surface area contributed by atoms with Gasteiger partial charge >= 0.3 is 5.97 Å². The van der Waals surface area contributed by atoms with Crippen LogP contribution in [0.4, 0.5) is 8.78 Å². The summed E-state index contributed by atoms with van der Waals surface area (Å²) in [6.45, 7) is 2.05. The molecule has 0 aliphatic carbocycles. The van der Waals surface area contributed by atoms with Gasteiger partial charge in [-0.15, -0.1) is 0 Å². The van der Waals surface area contributed by atoms with Gasteiger partial charge in [0, 0.05) is 18.4 Å². The summed E-state index contributed by atoms with van der Waals surface area (Å²) in [5, 5.41) is 9.24. The van der Waals surface area contributed by atoms with Crippen LogP contribution in [0.1, 0.15) is 25.3 Å². The van der Waals surface area contributed by atoms with Gasteiger partial charge in [0.05, 0.1) is 13.2 Å². The standard InChI is InChI=1S/C16H16F2O5/c1-9(19)12(16(21)23-11-4-6-22-7-5-11)8-10-2-3-13(17)15(20)14(10)18/h2-3,8,11,20H,4-7H2,1H3. The minimum absolute atomic E-state index is 0.280. The number of ether oxygens (including phenoxy) is 2. The van der Waals surface area contributed by atoms with Crippen LogP contribution in [0, 0.1) is 11.6 Å². The maximum atomic E-state index is 13.8. The van der Waals surface area contributed by atoms with Crippen LogP contribution in [-0.2, 0) is 19.1 Å². The lowest BCUT2D eigenvalue weighted by Gasteiger charge is -2.22. The molecular weight excluding hydrogens is 310 g/mol. The number of Topliss-reactive ketones (excluding diaryl/α,β-unsaturated/α-hetero) is 1. The van der Waals surface area contributed by atoms with Crippen molar-refractivity contribution in [3.05, 3.63) is 34.9 Å². The first-order chi connectivity index (χ1) is 10.9. The van der Waals surface area contributed by atoms with Gasteiger partial charge < -0.3 is 14.6 Å². The summed E-state index contributed by atoms with van der Waals surface area (Å²) in [6, 6.07) is 1.86. The van der Waals surface area contributed by atoms with Gasteiger partial charge in [-0.1, -0.05) is 0 Å². The summed E-state index contributed by atoms with van der Waals surface area (Å²) in [6.07, 6.45) is 1.61. The molecule has 1 N–H and O–H groups in total. The van der Waals surface area contributed by atoms with E-state index in [9.17, 15) is 23.5 Å². The Morgan fingerprint density at radius 3 is 2.57 bits per heavy atom. The average molecular weight is 326 g/mol. The van der Waals surface area contributed by atoms with Crippen LogP contribution in [0.5, 0.6) is 5.75 Å². The molecule has 1 heterocycles. The SMILES string of the molecule is CC(=O)C(=Cc1ccc(F)c(O)c1F)C(=O)OC1CCOCC1. The number of carbonyl (C=O) groups is 2. The number of aromatic hydroxyl groups is 1. The fraction of sp³-hybridized carbons (Fsp3) is 0.375. The van der Waals surface area contributed by atoms with Crippen molar-refractivity contribution >= 4 is 17.8 Å². The van der Waals surface area contributed by atoms with Crippen LogP contribution in [0.2, 0.25) is 0 Å². The number of ketones is 1. The smallest absolute Gasteiger partial charge is 0.342 e. The molecule has 1 aliphatic heterocycles. The first kappa shape index (κ1) is 17.1. The lowest BCUT2D eigenvalue weighted by Crippen LogP contribution is -2.27. The fourth-order valence-electron chi connectivity index (χ4n) is 2.14. The third-order valence-corrected chi connectivity index (χ3v) is 3.44. The number of phenolic OH excluding ortho intramolecular Hbond substituents is 1. The van der Waals surface area contributed by atoms with E-state index in [4.69, 9.17) is 9.47 Å². The lowest BCUT2D eigenvalue weighted by molar-refractivity contribution is -0.149. The van der Waals surface area contributed by atoms with Gasteiger partial charge in [-0.3, -0.25) is 4.79 Å². The van der Waals surface area contributed by atoms with Gasteiger partial charge in [0.15, 0.2) is 23.2 Å². The molecule has 1 aromatic rings. The van der Waals surface area contributed by atoms with Crippen molar-refractivity contribution in [2.45, 2.75) is 25.9 Å². The Hall–Kier alpha value is -2.28. The molecule has 0 saturated carbocycles. The molecule has 0 spiro atoms. The Kier molecular flexibility index (Phi) is 5.44. The maximum absolute atomic E-state index is 13.8. The van der Waals surface area contributed by atoms with E-state index in [-0.39, 0.29) is 17.2 Å². The zero-order valence-electron chi connectivity index (χ0n) is 12.5. The second kappa shape index (κ2) is 7.32. The van der Waals surface area contributed by atoms with Gasteiger partial charge in [-0.25, -0.2) is 13.6 Å². The molecule has 2 rings (SSSR count). The van der Waals surface area contributed by atoms with Crippen molar-refractivity contribution in [3.8, 4) is 5.75 Å². The van der Waals surface area contributed by atoms with Crippen LogP contribution >= 0.6 is 0 Å². The molecule has 124 valence electrons. The number of phenols is 1. The topological polar surface area (TPSA) is 72.8 Å². The summed E-state index contributed by atoms with van der Waals surface area (Å²) in [5.41, 5.74) is -0.653. The third-order valence-electron chi connectivity index (χ3n) is 3.44. The molecule has 0 amide bonds. The molecule has 0 atom stereocenters. The third kappa shape index (κ3) is 4.13. The number of rotatable bonds is 4. The molecule has 1 fully saturated rings. The van der Waals surface area contributed by atoms with Crippen molar-refractivity contribution in [2.24, 2.45) is 0 Å². The molecular formula is C16H16F2O5. The molecule has 5 nitrogen and oxygen atoms in total. The highest BCUT2D eigenvalue weighted by Crippen LogP contribution is 2.25. The molecule has 0 radical (unpaired) electrons. The van der Waals surface area contributed by atoms with Crippen molar-refractivity contribution in [1.29, 1.82) is 0 Å². The van der Waals surface area contributed by atoms with E-state index in [0.29, 0.717) is 26.1 Å². The second-order valence-corrected chi connectivity index (χ2v) is 5.13. The highest BCUT2D eigenvalue weighted by molar-refractivity contribution is 6.19. The Labute approximate surface area is 131 Å². The van der Waals surface area contributed by atoms with E-state index in [2.05, 4.69) is 0 Å². The Balaban J connectivity index is 2.25. The van der Waals surface area contributed by atoms with Crippen LogP contribution in [-0.4, -0.2) is 36.2 Å². The predicted molar refractivity (Wildman–Crippen MR) is 76.6 cm³/mol. The molecule has 7 heteroatoms. The quantitative estimate of drug-likeness (QED) is 0.398. The number of benzene rings is 1. The molecule has 23 heavy (non-hydrogen) atoms. The van der Waals surface area contributed by atoms with Gasteiger partial charge in [0.2, 0.25) is 0 Å². The van der Waals surface area contributed by atoms with Gasteiger partial charge in [-0.2, -0.15) is 0 Å². The number of halogens is 2. The van der Waals surface area contributed by atoms with Gasteiger partial charge in [0.25, 0.3) is 0 Å². The highest BCUT2D eigenvalue weighted by atomic mass is 19.1. The fourth-order valence-corrected chi connectivity index (χ4v) is 2.14. The van der Waals surface area contributed by atoms with E-state index < -0.39 is 29.1 Å². The monoisotopic (exact) mass is 326 g/mol. The van der Waals surface area contributed by atoms with Crippen molar-refractivity contribution in [1.82, 2.24) is 0 Å². The van der Waals surface area contributed by atoms with Crippen LogP contribution in [0.25, 0.3) is 6.08 Å². The van der Waals surface area contributed by atoms with Gasteiger partial charge in [0.1, 0.15) is 11.7 Å². The Morgan fingerprint density at radius 2 is 1.96 bits per heavy atom. The molecule has 1 saturated heterocycles. The van der Waals surface area contributed by atoms with Crippen LogP contribution in [0.15, 0.2) is 17.7 Å². The minimum atomic E-state index is -1.25. The average Bonchev–Trinajstić information content (AvgIpc) is 2.52. The number of carbonyl (C=O) groups excluding carboxylic acids is 2. The summed E-state index contributed by atoms with van der Waals surface area (Å²) in [7, 11) is 0. The number of esters is 1. The van der Waals surface area contributed by atoms with E-state index >= 15 is 0 Å². The molecule has 0 unspecified atom stereocenters. The molecule has 0 bridgehead atoms. The maximum Gasteiger partial charge on any atom is 0.342 e. The van der Waals surface area contributed by atoms with E-state index in [1.807, 2.05) is 0 Å². The highest BCUT2D eigenvalue weighted by Gasteiger charge is 2.23. The largest absolute Gasteiger partial charge is 0.503 e. The summed E-state index contributed by atoms with van der Waals surface area (Å²) in [5.74, 6) is -5.05. The number of hydrogen-bond donors (Lipinski definition) is 1. The second-order valence-electron chi connectivity index (χ2n) is 5.13. The molecule has 1 aliphatic rings. The van der Waals surface area contributed by atoms with Crippen LogP contribution in [0.3, 0.4) is 0 Å². The van der Waals surface area contributed by atoms with E-state index in [0.717, 1.165) is 25.1 Å². The normalized spacial score (nSPS) is 16.2. The van der Waals surface area contributed by atoms with Crippen molar-refractivity contribution < 1.29 is 33.0 Å². The number of hydrogen-bond acceptors (Lipinski definition) is 5. The molecule has 1 aromatic carbocycles. The minimum Gasteiger partial charge on any atom is -0.503 e. The van der Waals surface area contributed by atoms with Crippen molar-refractivity contribution in [3.63, 3.8) is 0 Å². The lowest BCUT2D eigenvalue weighted by atomic mass is 10.1. The van der Waals surface area contributed by atoms with E-state index in [1.54, 1.807) is 0 Å². The zero-order chi connectivity index (χ0) is 17.0. The predicted octanol–water partition coefficient (Wildman–Crippen LogP) is 2.37. The zero-order valence-corrected chi connectivity index (χ0v) is 12.5. The van der Waals surface area contributed by atoms with E-state index in [1.165, 1.54) is 0 Å². The van der Waals surface area contributed by atoms with Gasteiger partial charge in [-0.05, 0) is 25.1 Å². The summed E-state index contributed by atoms with van der Waals surface area (Å²) < 4.78 is 37.2. The summed E-state index contributed by atoms with van der Waals surface area (Å²) in [4.78, 5) is 23.8. The first-order valence-corrected chi connectivity index (χ1v) is 7.08. The first-order valence-electron chi connectivity index (χ1n) is 7.08. The Bertz CT molecular complexity index is 648. The Morgan fingerprint density at radius 1 is 1.30 bits per heavy atom. The molecule has 0 aromatic heterocycles. The summed E-state index contributed by atoms with van der Waals surface area (Å²) >= 11 is 0.